The average molecular weight is 285 g/mol. The van der Waals surface area contributed by atoms with E-state index < -0.39 is 5.60 Å². The smallest absolute Gasteiger partial charge is 0.309 e. The Hall–Kier alpha value is -1.06. The molecular weight excluding hydrogens is 254 g/mol. The normalized spacial score (nSPS) is 16.2. The van der Waals surface area contributed by atoms with E-state index in [4.69, 9.17) is 4.74 Å². The molecule has 20 heavy (non-hydrogen) atoms. The van der Waals surface area contributed by atoms with Crippen molar-refractivity contribution in [2.24, 2.45) is 5.92 Å². The van der Waals surface area contributed by atoms with E-state index in [1.807, 2.05) is 46.4 Å². The molecule has 0 bridgehead atoms. The third-order valence-electron chi connectivity index (χ3n) is 3.05. The van der Waals surface area contributed by atoms with Gasteiger partial charge in [-0.2, -0.15) is 0 Å². The summed E-state index contributed by atoms with van der Waals surface area (Å²) in [6.07, 6.45) is 2.94. The predicted octanol–water partition coefficient (Wildman–Crippen LogP) is 3.39. The summed E-state index contributed by atoms with van der Waals surface area (Å²) in [5.74, 6) is 0.0418. The molecule has 1 amide bonds. The number of rotatable bonds is 3. The predicted molar refractivity (Wildman–Crippen MR) is 81.4 cm³/mol. The highest BCUT2D eigenvalue weighted by Crippen LogP contribution is 2.22. The first-order chi connectivity index (χ1) is 9.33. The van der Waals surface area contributed by atoms with Crippen molar-refractivity contribution in [1.29, 1.82) is 0 Å². The molecule has 0 radical (unpaired) electrons. The van der Waals surface area contributed by atoms with Gasteiger partial charge in [0.05, 0.1) is 5.92 Å². The molecule has 0 aromatic rings. The van der Waals surface area contributed by atoms with Gasteiger partial charge < -0.3 is 9.64 Å². The van der Waals surface area contributed by atoms with Crippen LogP contribution in [0.25, 0.3) is 0 Å². The average Bonchev–Trinajstić information content (AvgIpc) is 2.39. The van der Waals surface area contributed by atoms with E-state index in [1.165, 1.54) is 0 Å². The van der Waals surface area contributed by atoms with E-state index in [-0.39, 0.29) is 17.8 Å². The van der Waals surface area contributed by atoms with Crippen molar-refractivity contribution in [1.82, 2.24) is 4.90 Å². The molecule has 0 spiro atoms. The fraction of sp³-hybridized carbons (Fsp3) is 0.875. The molecule has 0 atom stereocenters. The van der Waals surface area contributed by atoms with Crippen LogP contribution < -0.4 is 0 Å². The number of hydrogen-bond acceptors (Lipinski definition) is 3. The molecule has 1 fully saturated rings. The third-order valence-corrected chi connectivity index (χ3v) is 3.05. The Kier molecular flexibility index (Phi) is 8.51. The molecule has 0 saturated carbocycles. The van der Waals surface area contributed by atoms with Gasteiger partial charge in [-0.1, -0.05) is 20.8 Å². The summed E-state index contributed by atoms with van der Waals surface area (Å²) in [5.41, 5.74) is -0.424. The van der Waals surface area contributed by atoms with Gasteiger partial charge in [0.15, 0.2) is 0 Å². The van der Waals surface area contributed by atoms with Crippen LogP contribution in [0, 0.1) is 5.92 Å². The maximum Gasteiger partial charge on any atom is 0.309 e. The van der Waals surface area contributed by atoms with Crippen molar-refractivity contribution >= 4 is 11.9 Å². The quantitative estimate of drug-likeness (QED) is 0.747. The van der Waals surface area contributed by atoms with Crippen LogP contribution in [0.1, 0.15) is 67.2 Å². The Labute approximate surface area is 123 Å². The molecular formula is C16H31NO3. The highest BCUT2D eigenvalue weighted by atomic mass is 16.6. The number of likely N-dealkylation sites (tertiary alicyclic amines) is 1. The van der Waals surface area contributed by atoms with Crippen LogP contribution in [-0.4, -0.2) is 35.5 Å². The minimum absolute atomic E-state index is 0.0464. The molecule has 0 unspecified atom stereocenters. The zero-order valence-corrected chi connectivity index (χ0v) is 14.0. The van der Waals surface area contributed by atoms with Gasteiger partial charge in [0.2, 0.25) is 5.91 Å². The van der Waals surface area contributed by atoms with Crippen molar-refractivity contribution in [3.8, 4) is 0 Å². The van der Waals surface area contributed by atoms with Crippen LogP contribution in [0.15, 0.2) is 0 Å². The highest BCUT2D eigenvalue weighted by molar-refractivity contribution is 5.77. The molecule has 1 aliphatic rings. The van der Waals surface area contributed by atoms with Crippen molar-refractivity contribution in [2.45, 2.75) is 72.8 Å². The highest BCUT2D eigenvalue weighted by Gasteiger charge is 2.30. The number of hydrogen-bond donors (Lipinski definition) is 0. The summed E-state index contributed by atoms with van der Waals surface area (Å²) >= 11 is 0. The number of amides is 1. The Balaban J connectivity index is 0.00000172. The second kappa shape index (κ2) is 8.98. The SMILES string of the molecule is CC.CCCC(=O)N1CCC(C(=O)OC(C)(C)C)CC1. The number of carbonyl (C=O) groups is 2. The molecule has 4 heteroatoms. The van der Waals surface area contributed by atoms with Crippen molar-refractivity contribution in [3.63, 3.8) is 0 Å². The van der Waals surface area contributed by atoms with Crippen LogP contribution in [0.5, 0.6) is 0 Å². The zero-order chi connectivity index (χ0) is 15.8. The number of piperidine rings is 1. The Bertz CT molecular complexity index is 299. The second-order valence-electron chi connectivity index (χ2n) is 5.94. The van der Waals surface area contributed by atoms with Crippen molar-refractivity contribution < 1.29 is 14.3 Å². The lowest BCUT2D eigenvalue weighted by molar-refractivity contribution is -0.162. The monoisotopic (exact) mass is 285 g/mol. The molecule has 0 aromatic carbocycles. The van der Waals surface area contributed by atoms with E-state index in [0.29, 0.717) is 19.5 Å². The Morgan fingerprint density at radius 3 is 2.05 bits per heavy atom. The maximum atomic E-state index is 11.9. The van der Waals surface area contributed by atoms with Crippen LogP contribution >= 0.6 is 0 Å². The summed E-state index contributed by atoms with van der Waals surface area (Å²) in [7, 11) is 0. The van der Waals surface area contributed by atoms with E-state index in [1.54, 1.807) is 0 Å². The summed E-state index contributed by atoms with van der Waals surface area (Å²) in [4.78, 5) is 25.5. The third kappa shape index (κ3) is 6.92. The first-order valence-corrected chi connectivity index (χ1v) is 7.84. The Morgan fingerprint density at radius 1 is 1.15 bits per heavy atom. The minimum atomic E-state index is -0.424. The molecule has 1 saturated heterocycles. The van der Waals surface area contributed by atoms with Crippen molar-refractivity contribution in [2.75, 3.05) is 13.1 Å². The van der Waals surface area contributed by atoms with E-state index in [2.05, 4.69) is 0 Å². The van der Waals surface area contributed by atoms with Gasteiger partial charge in [0.25, 0.3) is 0 Å². The molecule has 0 aromatic heterocycles. The summed E-state index contributed by atoms with van der Waals surface area (Å²) in [5, 5.41) is 0. The van der Waals surface area contributed by atoms with Gasteiger partial charge in [-0.3, -0.25) is 9.59 Å². The number of ether oxygens (including phenoxy) is 1. The molecule has 0 aliphatic carbocycles. The number of esters is 1. The zero-order valence-electron chi connectivity index (χ0n) is 14.0. The van der Waals surface area contributed by atoms with E-state index in [0.717, 1.165) is 19.3 Å². The van der Waals surface area contributed by atoms with Crippen LogP contribution in [0.3, 0.4) is 0 Å². The maximum absolute atomic E-state index is 11.9. The summed E-state index contributed by atoms with van der Waals surface area (Å²) in [6.45, 7) is 13.0. The van der Waals surface area contributed by atoms with Crippen LogP contribution in [-0.2, 0) is 14.3 Å². The fourth-order valence-corrected chi connectivity index (χ4v) is 2.12. The van der Waals surface area contributed by atoms with E-state index in [9.17, 15) is 9.59 Å². The lowest BCUT2D eigenvalue weighted by Crippen LogP contribution is -2.41. The van der Waals surface area contributed by atoms with Crippen molar-refractivity contribution in [3.05, 3.63) is 0 Å². The van der Waals surface area contributed by atoms with Crippen LogP contribution in [0.4, 0.5) is 0 Å². The molecule has 0 N–H and O–H groups in total. The largest absolute Gasteiger partial charge is 0.460 e. The lowest BCUT2D eigenvalue weighted by atomic mass is 9.96. The number of carbonyl (C=O) groups excluding carboxylic acids is 2. The summed E-state index contributed by atoms with van der Waals surface area (Å²) < 4.78 is 5.38. The van der Waals surface area contributed by atoms with Crippen LogP contribution in [0.2, 0.25) is 0 Å². The van der Waals surface area contributed by atoms with Gasteiger partial charge >= 0.3 is 5.97 Å². The molecule has 1 aliphatic heterocycles. The lowest BCUT2D eigenvalue weighted by Gasteiger charge is -2.32. The first-order valence-electron chi connectivity index (χ1n) is 7.84. The molecule has 118 valence electrons. The first kappa shape index (κ1) is 18.9. The molecule has 1 heterocycles. The topological polar surface area (TPSA) is 46.6 Å². The minimum Gasteiger partial charge on any atom is -0.460 e. The van der Waals surface area contributed by atoms with Gasteiger partial charge in [0.1, 0.15) is 5.60 Å². The molecule has 1 rings (SSSR count). The molecule has 4 nitrogen and oxygen atoms in total. The standard InChI is InChI=1S/C14H25NO3.C2H6/c1-5-6-12(16)15-9-7-11(8-10-15)13(17)18-14(2,3)4;1-2/h11H,5-10H2,1-4H3;1-2H3. The van der Waals surface area contributed by atoms with E-state index >= 15 is 0 Å². The van der Waals surface area contributed by atoms with Gasteiger partial charge in [-0.15, -0.1) is 0 Å². The summed E-state index contributed by atoms with van der Waals surface area (Å²) in [6, 6.07) is 0. The fourth-order valence-electron chi connectivity index (χ4n) is 2.12. The Morgan fingerprint density at radius 2 is 1.65 bits per heavy atom. The van der Waals surface area contributed by atoms with Gasteiger partial charge in [-0.25, -0.2) is 0 Å². The second-order valence-corrected chi connectivity index (χ2v) is 5.94. The van der Waals surface area contributed by atoms with Gasteiger partial charge in [-0.05, 0) is 40.0 Å². The number of nitrogens with zero attached hydrogens (tertiary/aromatic N) is 1. The van der Waals surface area contributed by atoms with Gasteiger partial charge in [0, 0.05) is 19.5 Å².